The van der Waals surface area contributed by atoms with Gasteiger partial charge >= 0.3 is 0 Å². The molecule has 0 radical (unpaired) electrons. The van der Waals surface area contributed by atoms with Crippen LogP contribution < -0.4 is 0 Å². The van der Waals surface area contributed by atoms with Crippen LogP contribution in [0.3, 0.4) is 0 Å². The molecule has 0 aromatic heterocycles. The molecule has 1 N–H and O–H groups in total. The van der Waals surface area contributed by atoms with Gasteiger partial charge in [-0.2, -0.15) is 0 Å². The van der Waals surface area contributed by atoms with Crippen molar-refractivity contribution in [3.05, 3.63) is 0 Å². The highest BCUT2D eigenvalue weighted by Gasteiger charge is 2.21. The van der Waals surface area contributed by atoms with E-state index in [-0.39, 0.29) is 18.4 Å². The summed E-state index contributed by atoms with van der Waals surface area (Å²) in [5, 5.41) is 8.91. The Hall–Kier alpha value is -0.180. The molecule has 0 aromatic rings. The van der Waals surface area contributed by atoms with Gasteiger partial charge in [-0.3, -0.25) is 0 Å². The van der Waals surface area contributed by atoms with E-state index in [0.717, 1.165) is 19.8 Å². The van der Waals surface area contributed by atoms with Crippen LogP contribution >= 0.6 is 0 Å². The van der Waals surface area contributed by atoms with Gasteiger partial charge in [-0.1, -0.05) is 34.1 Å². The van der Waals surface area contributed by atoms with Gasteiger partial charge in [0.2, 0.25) is 5.92 Å². The molecule has 0 atom stereocenters. The molecule has 0 aliphatic rings. The third-order valence-electron chi connectivity index (χ3n) is 2.15. The Morgan fingerprint density at radius 2 is 1.33 bits per heavy atom. The Bertz CT molecular complexity index is 139. The molecule has 0 aromatic carbocycles. The maximum atomic E-state index is 12.4. The molecule has 0 heterocycles. The molecule has 0 rings (SSSR count). The maximum Gasteiger partial charge on any atom is 0.245 e. The number of halogens is 2. The minimum atomic E-state index is -2.54. The molecule has 0 bridgehead atoms. The second-order valence-corrected chi connectivity index (χ2v) is 4.60. The minimum Gasteiger partial charge on any atom is -0.396 e. The van der Waals surface area contributed by atoms with Crippen LogP contribution in [0.1, 0.15) is 60.3 Å². The molecule has 0 spiro atoms. The fourth-order valence-electron chi connectivity index (χ4n) is 1.12. The van der Waals surface area contributed by atoms with Crippen molar-refractivity contribution in [1.82, 2.24) is 0 Å². The summed E-state index contributed by atoms with van der Waals surface area (Å²) in [6, 6.07) is 0. The Labute approximate surface area is 92.9 Å². The summed E-state index contributed by atoms with van der Waals surface area (Å²) in [5.41, 5.74) is -0.122. The molecule has 0 saturated heterocycles. The topological polar surface area (TPSA) is 20.2 Å². The van der Waals surface area contributed by atoms with Crippen molar-refractivity contribution in [3.8, 4) is 0 Å². The summed E-state index contributed by atoms with van der Waals surface area (Å²) >= 11 is 0. The molecule has 15 heavy (non-hydrogen) atoms. The van der Waals surface area contributed by atoms with Crippen molar-refractivity contribution in [3.63, 3.8) is 0 Å². The second-order valence-electron chi connectivity index (χ2n) is 4.60. The summed E-state index contributed by atoms with van der Waals surface area (Å²) in [6.07, 6.45) is 2.05. The van der Waals surface area contributed by atoms with Gasteiger partial charge in [0, 0.05) is 13.0 Å². The zero-order valence-electron chi connectivity index (χ0n) is 10.7. The fraction of sp³-hybridized carbons (Fsp3) is 1.00. The van der Waals surface area contributed by atoms with Gasteiger partial charge in [-0.05, 0) is 25.2 Å². The third kappa shape index (κ3) is 13.8. The molecule has 0 amide bonds. The van der Waals surface area contributed by atoms with E-state index in [1.165, 1.54) is 0 Å². The van der Waals surface area contributed by atoms with Gasteiger partial charge < -0.3 is 5.11 Å². The van der Waals surface area contributed by atoms with Gasteiger partial charge in [0.15, 0.2) is 0 Å². The number of aliphatic hydroxyl groups is 1. The first-order chi connectivity index (χ1) is 6.77. The summed E-state index contributed by atoms with van der Waals surface area (Å²) in [6.45, 7) is 8.95. The van der Waals surface area contributed by atoms with Crippen LogP contribution in [0, 0.1) is 5.41 Å². The van der Waals surface area contributed by atoms with E-state index < -0.39 is 5.92 Å². The Morgan fingerprint density at radius 1 is 0.933 bits per heavy atom. The van der Waals surface area contributed by atoms with E-state index in [1.54, 1.807) is 0 Å². The number of aliphatic hydroxyl groups excluding tert-OH is 1. The molecular formula is C12H26F2O. The number of unbranched alkanes of at least 4 members (excludes halogenated alkanes) is 1. The van der Waals surface area contributed by atoms with E-state index in [4.69, 9.17) is 5.11 Å². The fourth-order valence-corrected chi connectivity index (χ4v) is 1.12. The molecular weight excluding hydrogens is 198 g/mol. The van der Waals surface area contributed by atoms with E-state index >= 15 is 0 Å². The number of hydrogen-bond donors (Lipinski definition) is 1. The highest BCUT2D eigenvalue weighted by Crippen LogP contribution is 2.25. The van der Waals surface area contributed by atoms with Crippen molar-refractivity contribution in [1.29, 1.82) is 0 Å². The Balaban J connectivity index is 0. The van der Waals surface area contributed by atoms with Gasteiger partial charge in [0.05, 0.1) is 0 Å². The smallest absolute Gasteiger partial charge is 0.245 e. The molecule has 0 saturated carbocycles. The Kier molecular flexibility index (Phi) is 9.22. The summed E-state index contributed by atoms with van der Waals surface area (Å²) < 4.78 is 24.7. The predicted molar refractivity (Wildman–Crippen MR) is 61.3 cm³/mol. The SMILES string of the molecule is CC.CC(F)(F)CCCCC(C)(C)CO. The van der Waals surface area contributed by atoms with E-state index in [9.17, 15) is 8.78 Å². The van der Waals surface area contributed by atoms with Crippen LogP contribution in [0.15, 0.2) is 0 Å². The molecule has 3 heteroatoms. The van der Waals surface area contributed by atoms with Crippen LogP contribution in [0.5, 0.6) is 0 Å². The zero-order chi connectivity index (χ0) is 12.5. The molecule has 0 fully saturated rings. The van der Waals surface area contributed by atoms with Crippen LogP contribution in [-0.4, -0.2) is 17.6 Å². The van der Waals surface area contributed by atoms with Crippen molar-refractivity contribution in [2.24, 2.45) is 5.41 Å². The summed E-state index contributed by atoms with van der Waals surface area (Å²) in [5.74, 6) is -2.54. The monoisotopic (exact) mass is 224 g/mol. The van der Waals surface area contributed by atoms with E-state index in [1.807, 2.05) is 27.7 Å². The average Bonchev–Trinajstić information content (AvgIpc) is 2.15. The summed E-state index contributed by atoms with van der Waals surface area (Å²) in [7, 11) is 0. The van der Waals surface area contributed by atoms with Crippen LogP contribution in [0.2, 0.25) is 0 Å². The predicted octanol–water partition coefficient (Wildman–Crippen LogP) is 4.25. The standard InChI is InChI=1S/C10H20F2O.C2H6/c1-9(2,8-13)6-4-5-7-10(3,11)12;1-2/h13H,4-8H2,1-3H3;1-2H3. The lowest BCUT2D eigenvalue weighted by Gasteiger charge is -2.21. The molecule has 0 aliphatic heterocycles. The van der Waals surface area contributed by atoms with Gasteiger partial charge in [-0.15, -0.1) is 0 Å². The van der Waals surface area contributed by atoms with Crippen molar-refractivity contribution < 1.29 is 13.9 Å². The van der Waals surface area contributed by atoms with Crippen molar-refractivity contribution in [2.75, 3.05) is 6.61 Å². The highest BCUT2D eigenvalue weighted by molar-refractivity contribution is 4.67. The first-order valence-electron chi connectivity index (χ1n) is 5.75. The lowest BCUT2D eigenvalue weighted by Crippen LogP contribution is -2.17. The molecule has 1 nitrogen and oxygen atoms in total. The zero-order valence-corrected chi connectivity index (χ0v) is 10.7. The van der Waals surface area contributed by atoms with E-state index in [0.29, 0.717) is 6.42 Å². The first-order valence-corrected chi connectivity index (χ1v) is 5.75. The van der Waals surface area contributed by atoms with Crippen LogP contribution in [0.25, 0.3) is 0 Å². The third-order valence-corrected chi connectivity index (χ3v) is 2.15. The average molecular weight is 224 g/mol. The molecule has 0 aliphatic carbocycles. The van der Waals surface area contributed by atoms with Crippen molar-refractivity contribution in [2.45, 2.75) is 66.2 Å². The number of alkyl halides is 2. The van der Waals surface area contributed by atoms with Gasteiger partial charge in [0.1, 0.15) is 0 Å². The second kappa shape index (κ2) is 8.03. The molecule has 94 valence electrons. The first kappa shape index (κ1) is 17.2. The van der Waals surface area contributed by atoms with Gasteiger partial charge in [-0.25, -0.2) is 8.78 Å². The minimum absolute atomic E-state index is 0.0471. The van der Waals surface area contributed by atoms with Crippen LogP contribution in [-0.2, 0) is 0 Å². The Morgan fingerprint density at radius 3 is 1.67 bits per heavy atom. The lowest BCUT2D eigenvalue weighted by atomic mass is 9.88. The van der Waals surface area contributed by atoms with E-state index in [2.05, 4.69) is 0 Å². The summed E-state index contributed by atoms with van der Waals surface area (Å²) in [4.78, 5) is 0. The number of rotatable bonds is 6. The quantitative estimate of drug-likeness (QED) is 0.669. The number of hydrogen-bond acceptors (Lipinski definition) is 1. The lowest BCUT2D eigenvalue weighted by molar-refractivity contribution is 0.00927. The normalized spacial score (nSPS) is 12.0. The van der Waals surface area contributed by atoms with Crippen LogP contribution in [0.4, 0.5) is 8.78 Å². The largest absolute Gasteiger partial charge is 0.396 e. The maximum absolute atomic E-state index is 12.4. The van der Waals surface area contributed by atoms with Gasteiger partial charge in [0.25, 0.3) is 0 Å². The molecule has 0 unspecified atom stereocenters. The highest BCUT2D eigenvalue weighted by atomic mass is 19.3. The van der Waals surface area contributed by atoms with Crippen molar-refractivity contribution >= 4 is 0 Å².